The Hall–Kier alpha value is -4.45. The summed E-state index contributed by atoms with van der Waals surface area (Å²) in [4.78, 5) is 30.4. The fraction of sp³-hybridized carbons (Fsp3) is 0.161. The minimum Gasteiger partial charge on any atom is -0.370 e. The van der Waals surface area contributed by atoms with Crippen LogP contribution in [0.5, 0.6) is 0 Å². The van der Waals surface area contributed by atoms with E-state index in [2.05, 4.69) is 16.3 Å². The summed E-state index contributed by atoms with van der Waals surface area (Å²) < 4.78 is 13.4. The highest BCUT2D eigenvalue weighted by Crippen LogP contribution is 2.32. The molecule has 0 unspecified atom stereocenters. The summed E-state index contributed by atoms with van der Waals surface area (Å²) >= 11 is 0. The van der Waals surface area contributed by atoms with E-state index in [1.54, 1.807) is 60.5 Å². The standard InChI is InChI=1S/C31H28FN3O2/c1-34(28-10-4-5-11-29(28)35-20-6-7-21-35)31(37)23-14-18-25(19-15-23)33-30(36)27-9-3-2-8-26(27)22-12-16-24(32)17-13-22/h2-5,8-19H,6-7,20-21H2,1H3,(H,33,36). The number of amides is 2. The summed E-state index contributed by atoms with van der Waals surface area (Å²) in [6, 6.07) is 28.1. The summed E-state index contributed by atoms with van der Waals surface area (Å²) in [6.45, 7) is 2.00. The molecule has 1 aliphatic rings. The van der Waals surface area contributed by atoms with Crippen LogP contribution in [0.2, 0.25) is 0 Å². The van der Waals surface area contributed by atoms with Crippen LogP contribution in [0.25, 0.3) is 11.1 Å². The molecule has 186 valence electrons. The Balaban J connectivity index is 1.31. The predicted molar refractivity (Wildman–Crippen MR) is 147 cm³/mol. The lowest BCUT2D eigenvalue weighted by Crippen LogP contribution is -2.29. The Kier molecular flexibility index (Phi) is 6.99. The normalized spacial score (nSPS) is 12.9. The van der Waals surface area contributed by atoms with Crippen LogP contribution in [-0.4, -0.2) is 32.0 Å². The van der Waals surface area contributed by atoms with Crippen LogP contribution in [0.3, 0.4) is 0 Å². The fourth-order valence-corrected chi connectivity index (χ4v) is 4.73. The first kappa shape index (κ1) is 24.3. The highest BCUT2D eigenvalue weighted by atomic mass is 19.1. The van der Waals surface area contributed by atoms with Crippen molar-refractivity contribution in [2.45, 2.75) is 12.8 Å². The number of anilines is 3. The van der Waals surface area contributed by atoms with E-state index in [1.165, 1.54) is 12.1 Å². The molecule has 2 amide bonds. The second-order valence-corrected chi connectivity index (χ2v) is 9.13. The summed E-state index contributed by atoms with van der Waals surface area (Å²) in [5.74, 6) is -0.729. The van der Waals surface area contributed by atoms with E-state index in [-0.39, 0.29) is 17.6 Å². The van der Waals surface area contributed by atoms with Gasteiger partial charge in [-0.2, -0.15) is 0 Å². The Morgan fingerprint density at radius 2 is 1.46 bits per heavy atom. The molecule has 37 heavy (non-hydrogen) atoms. The van der Waals surface area contributed by atoms with Crippen LogP contribution in [0.15, 0.2) is 97.1 Å². The van der Waals surface area contributed by atoms with Gasteiger partial charge in [-0.05, 0) is 78.6 Å². The molecule has 1 aliphatic heterocycles. The Morgan fingerprint density at radius 3 is 2.19 bits per heavy atom. The maximum atomic E-state index is 13.4. The Morgan fingerprint density at radius 1 is 0.811 bits per heavy atom. The van der Waals surface area contributed by atoms with Gasteiger partial charge in [-0.15, -0.1) is 0 Å². The zero-order valence-electron chi connectivity index (χ0n) is 20.7. The van der Waals surface area contributed by atoms with Crippen molar-refractivity contribution in [2.75, 3.05) is 35.3 Å². The van der Waals surface area contributed by atoms with Crippen molar-refractivity contribution in [3.05, 3.63) is 114 Å². The van der Waals surface area contributed by atoms with E-state index in [1.807, 2.05) is 30.3 Å². The van der Waals surface area contributed by atoms with Gasteiger partial charge >= 0.3 is 0 Å². The largest absolute Gasteiger partial charge is 0.370 e. The number of rotatable bonds is 6. The maximum Gasteiger partial charge on any atom is 0.258 e. The van der Waals surface area contributed by atoms with Crippen LogP contribution < -0.4 is 15.1 Å². The predicted octanol–water partition coefficient (Wildman–Crippen LogP) is 6.62. The SMILES string of the molecule is CN(C(=O)c1ccc(NC(=O)c2ccccc2-c2ccc(F)cc2)cc1)c1ccccc1N1CCCC1. The summed E-state index contributed by atoms with van der Waals surface area (Å²) in [5, 5.41) is 2.91. The third kappa shape index (κ3) is 5.23. The number of carbonyl (C=O) groups is 2. The molecule has 0 atom stereocenters. The van der Waals surface area contributed by atoms with Gasteiger partial charge < -0.3 is 15.1 Å². The van der Waals surface area contributed by atoms with E-state index >= 15 is 0 Å². The van der Waals surface area contributed by atoms with E-state index in [4.69, 9.17) is 0 Å². The fourth-order valence-electron chi connectivity index (χ4n) is 4.73. The minimum atomic E-state index is -0.328. The number of hydrogen-bond acceptors (Lipinski definition) is 3. The van der Waals surface area contributed by atoms with E-state index in [0.29, 0.717) is 22.4 Å². The maximum absolute atomic E-state index is 13.4. The van der Waals surface area contributed by atoms with Crippen molar-refractivity contribution in [1.29, 1.82) is 0 Å². The number of nitrogens with one attached hydrogen (secondary N) is 1. The first-order valence-corrected chi connectivity index (χ1v) is 12.4. The molecule has 0 bridgehead atoms. The van der Waals surface area contributed by atoms with Crippen LogP contribution in [0.1, 0.15) is 33.6 Å². The average Bonchev–Trinajstić information content (AvgIpc) is 3.48. The summed E-state index contributed by atoms with van der Waals surface area (Å²) in [7, 11) is 1.79. The van der Waals surface area contributed by atoms with Gasteiger partial charge in [0.15, 0.2) is 0 Å². The average molecular weight is 494 g/mol. The molecule has 0 aromatic heterocycles. The van der Waals surface area contributed by atoms with E-state index < -0.39 is 0 Å². The molecule has 5 nitrogen and oxygen atoms in total. The lowest BCUT2D eigenvalue weighted by Gasteiger charge is -2.26. The monoisotopic (exact) mass is 493 g/mol. The lowest BCUT2D eigenvalue weighted by atomic mass is 9.99. The van der Waals surface area contributed by atoms with Gasteiger partial charge in [-0.25, -0.2) is 4.39 Å². The lowest BCUT2D eigenvalue weighted by molar-refractivity contribution is 0.0991. The first-order valence-electron chi connectivity index (χ1n) is 12.4. The van der Waals surface area contributed by atoms with Gasteiger partial charge in [0.1, 0.15) is 5.82 Å². The molecule has 0 spiro atoms. The van der Waals surface area contributed by atoms with Crippen LogP contribution in [0.4, 0.5) is 21.5 Å². The number of nitrogens with zero attached hydrogens (tertiary/aromatic N) is 2. The smallest absolute Gasteiger partial charge is 0.258 e. The first-order chi connectivity index (χ1) is 18.0. The quantitative estimate of drug-likeness (QED) is 0.328. The molecule has 5 rings (SSSR count). The minimum absolute atomic E-state index is 0.119. The highest BCUT2D eigenvalue weighted by molar-refractivity contribution is 6.10. The van der Waals surface area contributed by atoms with Gasteiger partial charge in [-0.3, -0.25) is 9.59 Å². The number of para-hydroxylation sites is 2. The van der Waals surface area contributed by atoms with Crippen LogP contribution in [0, 0.1) is 5.82 Å². The number of halogens is 1. The molecule has 4 aromatic carbocycles. The topological polar surface area (TPSA) is 52.7 Å². The second kappa shape index (κ2) is 10.7. The molecule has 1 fully saturated rings. The van der Waals surface area contributed by atoms with Crippen LogP contribution >= 0.6 is 0 Å². The Labute approximate surface area is 216 Å². The number of carbonyl (C=O) groups excluding carboxylic acids is 2. The van der Waals surface area contributed by atoms with Crippen molar-refractivity contribution in [3.63, 3.8) is 0 Å². The third-order valence-corrected chi connectivity index (χ3v) is 6.71. The van der Waals surface area contributed by atoms with Crippen molar-refractivity contribution in [3.8, 4) is 11.1 Å². The number of benzene rings is 4. The van der Waals surface area contributed by atoms with Gasteiger partial charge in [0.05, 0.1) is 11.4 Å². The third-order valence-electron chi connectivity index (χ3n) is 6.71. The molecule has 6 heteroatoms. The second-order valence-electron chi connectivity index (χ2n) is 9.13. The zero-order chi connectivity index (χ0) is 25.8. The van der Waals surface area contributed by atoms with Crippen molar-refractivity contribution >= 4 is 28.9 Å². The summed E-state index contributed by atoms with van der Waals surface area (Å²) in [5.41, 5.74) is 5.01. The van der Waals surface area contributed by atoms with Crippen LogP contribution in [-0.2, 0) is 0 Å². The highest BCUT2D eigenvalue weighted by Gasteiger charge is 2.21. The molecule has 0 radical (unpaired) electrons. The summed E-state index contributed by atoms with van der Waals surface area (Å²) in [6.07, 6.45) is 2.32. The molecule has 0 aliphatic carbocycles. The van der Waals surface area contributed by atoms with Gasteiger partial charge in [0.25, 0.3) is 11.8 Å². The van der Waals surface area contributed by atoms with Crippen molar-refractivity contribution in [2.24, 2.45) is 0 Å². The molecule has 4 aromatic rings. The number of hydrogen-bond donors (Lipinski definition) is 1. The van der Waals surface area contributed by atoms with Gasteiger partial charge in [-0.1, -0.05) is 42.5 Å². The van der Waals surface area contributed by atoms with Gasteiger partial charge in [0, 0.05) is 37.0 Å². The Bertz CT molecular complexity index is 1410. The molecular formula is C31H28FN3O2. The molecule has 1 heterocycles. The molecule has 0 saturated carbocycles. The van der Waals surface area contributed by atoms with Gasteiger partial charge in [0.2, 0.25) is 0 Å². The zero-order valence-corrected chi connectivity index (χ0v) is 20.7. The molecular weight excluding hydrogens is 465 g/mol. The van der Waals surface area contributed by atoms with Crippen molar-refractivity contribution < 1.29 is 14.0 Å². The van der Waals surface area contributed by atoms with E-state index in [0.717, 1.165) is 42.9 Å². The molecule has 1 N–H and O–H groups in total. The molecule has 1 saturated heterocycles. The van der Waals surface area contributed by atoms with E-state index in [9.17, 15) is 14.0 Å². The van der Waals surface area contributed by atoms with Crippen molar-refractivity contribution in [1.82, 2.24) is 0 Å².